The van der Waals surface area contributed by atoms with Gasteiger partial charge in [-0.3, -0.25) is 4.84 Å². The molecule has 0 aromatic heterocycles. The lowest BCUT2D eigenvalue weighted by atomic mass is 10.4. The van der Waals surface area contributed by atoms with Crippen LogP contribution in [0.2, 0.25) is 0 Å². The number of quaternary nitrogens is 1. The fourth-order valence-corrected chi connectivity index (χ4v) is 0.399. The summed E-state index contributed by atoms with van der Waals surface area (Å²) in [5, 5.41) is 0. The summed E-state index contributed by atoms with van der Waals surface area (Å²) in [6, 6.07) is 0. The molecule has 0 atom stereocenters. The Labute approximate surface area is 73.6 Å². The van der Waals surface area contributed by atoms with Crippen molar-refractivity contribution in [2.75, 3.05) is 6.54 Å². The number of halogens is 4. The number of rotatable bonds is 3. The Morgan fingerprint density at radius 3 is 2.33 bits per heavy atom. The van der Waals surface area contributed by atoms with Crippen molar-refractivity contribution < 1.29 is 40.7 Å². The van der Waals surface area contributed by atoms with E-state index in [1.807, 2.05) is 0 Å². The molecule has 0 aliphatic carbocycles. The van der Waals surface area contributed by atoms with Crippen molar-refractivity contribution in [2.24, 2.45) is 0 Å². The molecular formula is C5H9ClF3NO2. The summed E-state index contributed by atoms with van der Waals surface area (Å²) in [6.07, 6.45) is -5.14. The van der Waals surface area contributed by atoms with Gasteiger partial charge in [-0.25, -0.2) is 4.79 Å². The Kier molecular flexibility index (Phi) is 7.12. The van der Waals surface area contributed by atoms with Gasteiger partial charge in [0, 0.05) is 6.92 Å². The average Bonchev–Trinajstić information content (AvgIpc) is 1.78. The summed E-state index contributed by atoms with van der Waals surface area (Å²) in [7, 11) is 0. The van der Waals surface area contributed by atoms with E-state index in [1.54, 1.807) is 0 Å². The topological polar surface area (TPSA) is 42.9 Å². The first-order valence-electron chi connectivity index (χ1n) is 2.97. The summed E-state index contributed by atoms with van der Waals surface area (Å²) in [5.41, 5.74) is 0.857. The molecule has 12 heavy (non-hydrogen) atoms. The summed E-state index contributed by atoms with van der Waals surface area (Å²) < 4.78 is 34.3. The van der Waals surface area contributed by atoms with Gasteiger partial charge in [-0.15, -0.1) is 0 Å². The molecule has 3 nitrogen and oxygen atoms in total. The van der Waals surface area contributed by atoms with E-state index in [4.69, 9.17) is 0 Å². The van der Waals surface area contributed by atoms with Gasteiger partial charge in [0.15, 0.2) is 0 Å². The second-order valence-corrected chi connectivity index (χ2v) is 1.93. The second kappa shape index (κ2) is 6.07. The van der Waals surface area contributed by atoms with Crippen LogP contribution < -0.4 is 17.9 Å². The lowest BCUT2D eigenvalue weighted by molar-refractivity contribution is -0.873. The molecule has 0 heterocycles. The number of hydroxylamine groups is 1. The number of carbonyl (C=O) groups is 1. The Bertz CT molecular complexity index is 139. The Morgan fingerprint density at radius 1 is 1.50 bits per heavy atom. The molecule has 0 fully saturated rings. The predicted octanol–water partition coefficient (Wildman–Crippen LogP) is -3.02. The number of nitrogens with two attached hydrogens (primary N) is 1. The minimum atomic E-state index is -4.18. The Morgan fingerprint density at radius 2 is 2.00 bits per heavy atom. The smallest absolute Gasteiger partial charge is 0.394 e. The van der Waals surface area contributed by atoms with E-state index >= 15 is 0 Å². The zero-order valence-electron chi connectivity index (χ0n) is 6.32. The maximum Gasteiger partial charge on any atom is 0.394 e. The van der Waals surface area contributed by atoms with Crippen LogP contribution in [-0.4, -0.2) is 18.7 Å². The molecule has 0 rings (SSSR count). The van der Waals surface area contributed by atoms with Crippen LogP contribution in [0.1, 0.15) is 13.3 Å². The molecule has 0 bridgehead atoms. The Hall–Kier alpha value is -0.490. The van der Waals surface area contributed by atoms with Gasteiger partial charge in [0.25, 0.3) is 0 Å². The number of carbonyl (C=O) groups excluding carboxylic acids is 1. The molecule has 74 valence electrons. The lowest BCUT2D eigenvalue weighted by Gasteiger charge is -2.03. The number of hydrogen-bond donors (Lipinski definition) is 1. The molecule has 0 aromatic rings. The molecule has 0 radical (unpaired) electrons. The van der Waals surface area contributed by atoms with E-state index in [9.17, 15) is 18.0 Å². The summed E-state index contributed by atoms with van der Waals surface area (Å²) >= 11 is 0. The van der Waals surface area contributed by atoms with Crippen LogP contribution in [-0.2, 0) is 9.63 Å². The van der Waals surface area contributed by atoms with Crippen LogP contribution in [0.15, 0.2) is 0 Å². The van der Waals surface area contributed by atoms with Gasteiger partial charge in [0.05, 0.1) is 6.42 Å². The van der Waals surface area contributed by atoms with E-state index in [1.165, 1.54) is 0 Å². The predicted molar refractivity (Wildman–Crippen MR) is 29.2 cm³/mol. The lowest BCUT2D eigenvalue weighted by Crippen LogP contribution is -3.00. The van der Waals surface area contributed by atoms with E-state index in [0.717, 1.165) is 12.4 Å². The zero-order valence-corrected chi connectivity index (χ0v) is 7.08. The number of hydrogen-bond acceptors (Lipinski definition) is 2. The van der Waals surface area contributed by atoms with Crippen LogP contribution in [0.25, 0.3) is 0 Å². The van der Waals surface area contributed by atoms with Crippen molar-refractivity contribution in [3.8, 4) is 0 Å². The first kappa shape index (κ1) is 14.1. The van der Waals surface area contributed by atoms with Gasteiger partial charge < -0.3 is 12.4 Å². The van der Waals surface area contributed by atoms with Crippen molar-refractivity contribution in [3.05, 3.63) is 0 Å². The summed E-state index contributed by atoms with van der Waals surface area (Å²) in [5.74, 6) is -0.604. The highest BCUT2D eigenvalue weighted by Gasteiger charge is 2.27. The molecule has 0 unspecified atom stereocenters. The third-order valence-corrected chi connectivity index (χ3v) is 0.795. The van der Waals surface area contributed by atoms with Crippen LogP contribution in [0, 0.1) is 0 Å². The van der Waals surface area contributed by atoms with E-state index < -0.39 is 18.6 Å². The van der Waals surface area contributed by atoms with Crippen molar-refractivity contribution in [2.45, 2.75) is 19.5 Å². The fraction of sp³-hybridized carbons (Fsp3) is 0.800. The maximum absolute atomic E-state index is 11.4. The van der Waals surface area contributed by atoms with E-state index in [-0.39, 0.29) is 19.0 Å². The molecule has 0 saturated carbocycles. The first-order chi connectivity index (χ1) is 4.92. The van der Waals surface area contributed by atoms with Crippen LogP contribution >= 0.6 is 0 Å². The van der Waals surface area contributed by atoms with Gasteiger partial charge >= 0.3 is 12.1 Å². The second-order valence-electron chi connectivity index (χ2n) is 1.93. The summed E-state index contributed by atoms with van der Waals surface area (Å²) in [6.45, 7) is 0.840. The number of alkyl halides is 3. The normalized spacial score (nSPS) is 10.3. The maximum atomic E-state index is 11.4. The van der Waals surface area contributed by atoms with E-state index in [0.29, 0.717) is 0 Å². The largest absolute Gasteiger partial charge is 1.00 e. The van der Waals surface area contributed by atoms with Gasteiger partial charge in [-0.05, 0) is 0 Å². The monoisotopic (exact) mass is 207 g/mol. The molecule has 2 N–H and O–H groups in total. The van der Waals surface area contributed by atoms with Gasteiger partial charge in [0.2, 0.25) is 0 Å². The van der Waals surface area contributed by atoms with Crippen molar-refractivity contribution in [1.29, 1.82) is 0 Å². The minimum absolute atomic E-state index is 0. The third-order valence-electron chi connectivity index (χ3n) is 0.795. The average molecular weight is 208 g/mol. The highest BCUT2D eigenvalue weighted by atomic mass is 35.5. The first-order valence-corrected chi connectivity index (χ1v) is 2.97. The third kappa shape index (κ3) is 12.2. The van der Waals surface area contributed by atoms with Crippen LogP contribution in [0.3, 0.4) is 0 Å². The van der Waals surface area contributed by atoms with Crippen LogP contribution in [0.4, 0.5) is 13.2 Å². The van der Waals surface area contributed by atoms with Crippen LogP contribution in [0.5, 0.6) is 0 Å². The van der Waals surface area contributed by atoms with Gasteiger partial charge in [0.1, 0.15) is 6.54 Å². The summed E-state index contributed by atoms with van der Waals surface area (Å²) in [4.78, 5) is 14.2. The molecule has 0 saturated heterocycles. The molecule has 0 amide bonds. The van der Waals surface area contributed by atoms with Crippen molar-refractivity contribution in [1.82, 2.24) is 0 Å². The SMILES string of the molecule is CC(=O)O[NH2+]CCC(F)(F)F.[Cl-]. The highest BCUT2D eigenvalue weighted by molar-refractivity contribution is 5.64. The molecule has 0 aliphatic rings. The molecule has 7 heteroatoms. The quantitative estimate of drug-likeness (QED) is 0.396. The molecule has 0 aromatic carbocycles. The minimum Gasteiger partial charge on any atom is -1.00 e. The molecular weight excluding hydrogens is 199 g/mol. The van der Waals surface area contributed by atoms with Crippen molar-refractivity contribution >= 4 is 5.97 Å². The molecule has 0 aliphatic heterocycles. The van der Waals surface area contributed by atoms with E-state index in [2.05, 4.69) is 4.84 Å². The fourth-order valence-electron chi connectivity index (χ4n) is 0.399. The van der Waals surface area contributed by atoms with Gasteiger partial charge in [-0.2, -0.15) is 18.7 Å². The standard InChI is InChI=1S/C5H8F3NO2.ClH/c1-4(10)11-9-3-2-5(6,7)8;/h9H,2-3H2,1H3;1H. The highest BCUT2D eigenvalue weighted by Crippen LogP contribution is 2.17. The zero-order chi connectivity index (χ0) is 8.91. The van der Waals surface area contributed by atoms with Gasteiger partial charge in [-0.1, -0.05) is 0 Å². The van der Waals surface area contributed by atoms with Crippen molar-refractivity contribution in [3.63, 3.8) is 0 Å². The Balaban J connectivity index is 0. The molecule has 0 spiro atoms.